The number of anilines is 1. The Morgan fingerprint density at radius 1 is 1.26 bits per heavy atom. The quantitative estimate of drug-likeness (QED) is 0.814. The summed E-state index contributed by atoms with van der Waals surface area (Å²) in [6, 6.07) is 11.2. The van der Waals surface area contributed by atoms with Crippen LogP contribution in [0.5, 0.6) is 0 Å². The van der Waals surface area contributed by atoms with Crippen LogP contribution in [0.3, 0.4) is 0 Å². The van der Waals surface area contributed by atoms with Gasteiger partial charge in [0.25, 0.3) is 5.91 Å². The monoisotopic (exact) mass is 388 g/mol. The third-order valence-electron chi connectivity index (χ3n) is 4.52. The number of carbonyl (C=O) groups is 1. The van der Waals surface area contributed by atoms with E-state index in [2.05, 4.69) is 15.3 Å². The number of amides is 1. The minimum atomic E-state index is -3.00. The predicted octanol–water partition coefficient (Wildman–Crippen LogP) is 2.05. The molecule has 1 aromatic carbocycles. The van der Waals surface area contributed by atoms with E-state index >= 15 is 0 Å². The second-order valence-electron chi connectivity index (χ2n) is 6.77. The maximum atomic E-state index is 12.9. The lowest BCUT2D eigenvalue weighted by atomic mass is 10.2. The van der Waals surface area contributed by atoms with Gasteiger partial charge < -0.3 is 10.2 Å². The largest absolute Gasteiger partial charge is 0.350 e. The minimum Gasteiger partial charge on any atom is -0.350 e. The smallest absolute Gasteiger partial charge is 0.272 e. The first-order chi connectivity index (χ1) is 12.9. The van der Waals surface area contributed by atoms with Gasteiger partial charge in [0.15, 0.2) is 9.84 Å². The number of hydrogen-bond acceptors (Lipinski definition) is 6. The van der Waals surface area contributed by atoms with Gasteiger partial charge in [-0.3, -0.25) is 4.79 Å². The maximum absolute atomic E-state index is 12.9. The fourth-order valence-corrected chi connectivity index (χ4v) is 4.80. The second-order valence-corrected chi connectivity index (χ2v) is 9.00. The average Bonchev–Trinajstić information content (AvgIpc) is 2.97. The van der Waals surface area contributed by atoms with E-state index in [1.807, 2.05) is 37.3 Å². The number of nitrogens with zero attached hydrogens (tertiary/aromatic N) is 3. The Kier molecular flexibility index (Phi) is 5.74. The van der Waals surface area contributed by atoms with Gasteiger partial charge in [0.1, 0.15) is 5.69 Å². The molecular formula is C19H24N4O3S. The van der Waals surface area contributed by atoms with Gasteiger partial charge in [0, 0.05) is 24.8 Å². The first kappa shape index (κ1) is 19.3. The van der Waals surface area contributed by atoms with E-state index in [-0.39, 0.29) is 23.5 Å². The fraction of sp³-hybridized carbons (Fsp3) is 0.421. The minimum absolute atomic E-state index is 0.0721. The fourth-order valence-electron chi connectivity index (χ4n) is 3.13. The van der Waals surface area contributed by atoms with Gasteiger partial charge in [-0.1, -0.05) is 30.3 Å². The van der Waals surface area contributed by atoms with E-state index in [1.165, 1.54) is 0 Å². The molecule has 1 aromatic heterocycles. The van der Waals surface area contributed by atoms with Gasteiger partial charge in [-0.15, -0.1) is 0 Å². The molecule has 1 atom stereocenters. The highest BCUT2D eigenvalue weighted by molar-refractivity contribution is 7.91. The standard InChI is InChI=1S/C19H24N4O3S/c1-3-23(12-15-7-5-4-6-8-15)18(24)17-11-14(2)20-19(22-17)21-16-9-10-27(25,26)13-16/h4-8,11,16H,3,9-10,12-13H2,1-2H3,(H,20,21,22). The van der Waals surface area contributed by atoms with Crippen molar-refractivity contribution in [1.82, 2.24) is 14.9 Å². The Labute approximate surface area is 159 Å². The van der Waals surface area contributed by atoms with Gasteiger partial charge in [0.05, 0.1) is 11.5 Å². The van der Waals surface area contributed by atoms with E-state index < -0.39 is 9.84 Å². The van der Waals surface area contributed by atoms with Crippen LogP contribution in [0.4, 0.5) is 5.95 Å². The van der Waals surface area contributed by atoms with Crippen LogP contribution in [-0.4, -0.2) is 53.3 Å². The number of rotatable bonds is 6. The summed E-state index contributed by atoms with van der Waals surface area (Å²) in [5.41, 5.74) is 2.02. The van der Waals surface area contributed by atoms with Crippen molar-refractivity contribution < 1.29 is 13.2 Å². The van der Waals surface area contributed by atoms with E-state index in [9.17, 15) is 13.2 Å². The molecule has 0 aliphatic carbocycles. The van der Waals surface area contributed by atoms with Crippen molar-refractivity contribution in [3.63, 3.8) is 0 Å². The number of aromatic nitrogens is 2. The summed E-state index contributed by atoms with van der Waals surface area (Å²) in [4.78, 5) is 23.3. The molecule has 0 spiro atoms. The molecule has 0 saturated carbocycles. The first-order valence-corrected chi connectivity index (χ1v) is 10.8. The van der Waals surface area contributed by atoms with Crippen molar-refractivity contribution >= 4 is 21.7 Å². The molecule has 0 bridgehead atoms. The maximum Gasteiger partial charge on any atom is 0.272 e. The molecule has 1 amide bonds. The Morgan fingerprint density at radius 2 is 2.00 bits per heavy atom. The highest BCUT2D eigenvalue weighted by atomic mass is 32.2. The Hall–Kier alpha value is -2.48. The molecule has 8 heteroatoms. The number of sulfone groups is 1. The predicted molar refractivity (Wildman–Crippen MR) is 104 cm³/mol. The van der Waals surface area contributed by atoms with E-state index in [0.29, 0.717) is 36.8 Å². The van der Waals surface area contributed by atoms with Crippen molar-refractivity contribution in [2.24, 2.45) is 0 Å². The van der Waals surface area contributed by atoms with Crippen molar-refractivity contribution in [3.8, 4) is 0 Å². The number of hydrogen-bond donors (Lipinski definition) is 1. The lowest BCUT2D eigenvalue weighted by Crippen LogP contribution is -2.31. The molecule has 1 N–H and O–H groups in total. The summed E-state index contributed by atoms with van der Waals surface area (Å²) in [5.74, 6) is 0.371. The Bertz CT molecular complexity index is 916. The van der Waals surface area contributed by atoms with Crippen LogP contribution in [-0.2, 0) is 16.4 Å². The SMILES string of the molecule is CCN(Cc1ccccc1)C(=O)c1cc(C)nc(NC2CCS(=O)(=O)C2)n1. The summed E-state index contributed by atoms with van der Waals surface area (Å²) in [6.07, 6.45) is 0.526. The molecule has 27 heavy (non-hydrogen) atoms. The third kappa shape index (κ3) is 5.03. The summed E-state index contributed by atoms with van der Waals surface area (Å²) >= 11 is 0. The van der Waals surface area contributed by atoms with E-state index in [4.69, 9.17) is 0 Å². The molecule has 2 aromatic rings. The average molecular weight is 388 g/mol. The van der Waals surface area contributed by atoms with Crippen molar-refractivity contribution in [3.05, 3.63) is 53.3 Å². The molecular weight excluding hydrogens is 364 g/mol. The zero-order chi connectivity index (χ0) is 19.4. The van der Waals surface area contributed by atoms with E-state index in [1.54, 1.807) is 17.9 Å². The van der Waals surface area contributed by atoms with Crippen LogP contribution in [0.15, 0.2) is 36.4 Å². The molecule has 1 aliphatic rings. The van der Waals surface area contributed by atoms with Crippen LogP contribution in [0, 0.1) is 6.92 Å². The van der Waals surface area contributed by atoms with Crippen LogP contribution in [0.25, 0.3) is 0 Å². The van der Waals surface area contributed by atoms with Gasteiger partial charge in [0.2, 0.25) is 5.95 Å². The zero-order valence-corrected chi connectivity index (χ0v) is 16.4. The molecule has 1 fully saturated rings. The van der Waals surface area contributed by atoms with Gasteiger partial charge in [-0.05, 0) is 31.9 Å². The summed E-state index contributed by atoms with van der Waals surface area (Å²) in [5, 5.41) is 3.07. The molecule has 3 rings (SSSR count). The number of benzene rings is 1. The van der Waals surface area contributed by atoms with Crippen LogP contribution >= 0.6 is 0 Å². The van der Waals surface area contributed by atoms with Gasteiger partial charge in [-0.2, -0.15) is 0 Å². The van der Waals surface area contributed by atoms with Crippen molar-refractivity contribution in [2.75, 3.05) is 23.4 Å². The van der Waals surface area contributed by atoms with Crippen molar-refractivity contribution in [2.45, 2.75) is 32.9 Å². The van der Waals surface area contributed by atoms with Gasteiger partial charge >= 0.3 is 0 Å². The number of nitrogens with one attached hydrogen (secondary N) is 1. The summed E-state index contributed by atoms with van der Waals surface area (Å²) in [6.45, 7) is 4.78. The first-order valence-electron chi connectivity index (χ1n) is 9.02. The zero-order valence-electron chi connectivity index (χ0n) is 15.6. The van der Waals surface area contributed by atoms with Crippen LogP contribution in [0.1, 0.15) is 35.1 Å². The lowest BCUT2D eigenvalue weighted by molar-refractivity contribution is 0.0746. The van der Waals surface area contributed by atoms with Crippen LogP contribution < -0.4 is 5.32 Å². The van der Waals surface area contributed by atoms with Crippen molar-refractivity contribution in [1.29, 1.82) is 0 Å². The molecule has 144 valence electrons. The van der Waals surface area contributed by atoms with Gasteiger partial charge in [-0.25, -0.2) is 18.4 Å². The second kappa shape index (κ2) is 8.04. The van der Waals surface area contributed by atoms with E-state index in [0.717, 1.165) is 5.56 Å². The summed E-state index contributed by atoms with van der Waals surface area (Å²) in [7, 11) is -3.00. The Morgan fingerprint density at radius 3 is 2.63 bits per heavy atom. The highest BCUT2D eigenvalue weighted by Gasteiger charge is 2.28. The highest BCUT2D eigenvalue weighted by Crippen LogP contribution is 2.17. The molecule has 1 saturated heterocycles. The molecule has 0 radical (unpaired) electrons. The molecule has 1 unspecified atom stereocenters. The normalized spacial score (nSPS) is 18.2. The molecule has 2 heterocycles. The number of carbonyl (C=O) groups excluding carboxylic acids is 1. The third-order valence-corrected chi connectivity index (χ3v) is 6.29. The molecule has 1 aliphatic heterocycles. The lowest BCUT2D eigenvalue weighted by Gasteiger charge is -2.21. The summed E-state index contributed by atoms with van der Waals surface area (Å²) < 4.78 is 23.3. The van der Waals surface area contributed by atoms with Crippen LogP contribution in [0.2, 0.25) is 0 Å². The number of aryl methyl sites for hydroxylation is 1. The molecule has 7 nitrogen and oxygen atoms in total. The topological polar surface area (TPSA) is 92.3 Å². The Balaban J connectivity index is 1.76.